The summed E-state index contributed by atoms with van der Waals surface area (Å²) in [7, 11) is 0. The summed E-state index contributed by atoms with van der Waals surface area (Å²) in [5.74, 6) is 0.0930. The molecule has 0 saturated carbocycles. The third-order valence-electron chi connectivity index (χ3n) is 2.01. The highest BCUT2D eigenvalue weighted by molar-refractivity contribution is 5.83. The molecular formula is C9H17N5O2. The minimum atomic E-state index is -0.531. The van der Waals surface area contributed by atoms with Crippen LogP contribution in [-0.2, 0) is 9.59 Å². The molecule has 90 valence electrons. The van der Waals surface area contributed by atoms with Gasteiger partial charge >= 0.3 is 0 Å². The fraction of sp³-hybridized carbons (Fsp3) is 0.667. The Balaban J connectivity index is 1.97. The standard InChI is InChI=1S/C9H17N5O2/c10-7(15)6-14-8(16)2-1-3-11-9-12-4-5-13-9/h1-6H2,(H2,10,15)(H,14,16)(H2,11,12,13). The number of nitrogens with zero attached hydrogens (tertiary/aromatic N) is 1. The second kappa shape index (κ2) is 6.65. The maximum Gasteiger partial charge on any atom is 0.236 e. The second-order valence-electron chi connectivity index (χ2n) is 3.43. The van der Waals surface area contributed by atoms with Crippen LogP contribution >= 0.6 is 0 Å². The summed E-state index contributed by atoms with van der Waals surface area (Å²) in [6, 6.07) is 0. The molecule has 2 amide bonds. The molecule has 1 rings (SSSR count). The highest BCUT2D eigenvalue weighted by atomic mass is 16.2. The van der Waals surface area contributed by atoms with Crippen LogP contribution < -0.4 is 21.7 Å². The molecule has 1 heterocycles. The van der Waals surface area contributed by atoms with Crippen LogP contribution in [0.2, 0.25) is 0 Å². The fourth-order valence-corrected chi connectivity index (χ4v) is 1.25. The van der Waals surface area contributed by atoms with Crippen molar-refractivity contribution in [1.29, 1.82) is 0 Å². The molecule has 0 spiro atoms. The molecule has 0 aromatic carbocycles. The molecule has 0 saturated heterocycles. The van der Waals surface area contributed by atoms with Crippen molar-refractivity contribution in [3.8, 4) is 0 Å². The predicted octanol–water partition coefficient (Wildman–Crippen LogP) is -2.08. The molecule has 0 aliphatic carbocycles. The predicted molar refractivity (Wildman–Crippen MR) is 59.7 cm³/mol. The van der Waals surface area contributed by atoms with Crippen LogP contribution in [0.3, 0.4) is 0 Å². The monoisotopic (exact) mass is 227 g/mol. The van der Waals surface area contributed by atoms with Gasteiger partial charge in [0.25, 0.3) is 0 Å². The molecule has 16 heavy (non-hydrogen) atoms. The summed E-state index contributed by atoms with van der Waals surface area (Å²) >= 11 is 0. The van der Waals surface area contributed by atoms with E-state index in [1.54, 1.807) is 0 Å². The van der Waals surface area contributed by atoms with Gasteiger partial charge in [-0.15, -0.1) is 0 Å². The Labute approximate surface area is 93.9 Å². The van der Waals surface area contributed by atoms with Crippen molar-refractivity contribution in [2.75, 3.05) is 26.2 Å². The van der Waals surface area contributed by atoms with Crippen LogP contribution in [0, 0.1) is 0 Å². The average molecular weight is 227 g/mol. The Morgan fingerprint density at radius 2 is 2.31 bits per heavy atom. The van der Waals surface area contributed by atoms with E-state index in [0.717, 1.165) is 19.0 Å². The first kappa shape index (κ1) is 12.3. The zero-order valence-electron chi connectivity index (χ0n) is 9.08. The van der Waals surface area contributed by atoms with E-state index in [-0.39, 0.29) is 12.5 Å². The summed E-state index contributed by atoms with van der Waals surface area (Å²) in [5.41, 5.74) is 4.89. The number of hydrogen-bond acceptors (Lipinski definition) is 5. The van der Waals surface area contributed by atoms with Gasteiger partial charge < -0.3 is 21.7 Å². The van der Waals surface area contributed by atoms with Crippen molar-refractivity contribution >= 4 is 17.8 Å². The van der Waals surface area contributed by atoms with Gasteiger partial charge in [-0.3, -0.25) is 14.6 Å². The number of carbonyl (C=O) groups excluding carboxylic acids is 2. The highest BCUT2D eigenvalue weighted by Gasteiger charge is 2.05. The number of aliphatic imine (C=N–C) groups is 1. The number of nitrogens with two attached hydrogens (primary N) is 1. The van der Waals surface area contributed by atoms with Crippen molar-refractivity contribution < 1.29 is 9.59 Å². The summed E-state index contributed by atoms with van der Waals surface area (Å²) in [5, 5.41) is 8.55. The lowest BCUT2D eigenvalue weighted by molar-refractivity contribution is -0.124. The molecule has 1 aliphatic heterocycles. The molecule has 0 fully saturated rings. The van der Waals surface area contributed by atoms with Crippen molar-refractivity contribution in [2.24, 2.45) is 10.7 Å². The van der Waals surface area contributed by atoms with E-state index in [1.165, 1.54) is 0 Å². The minimum Gasteiger partial charge on any atom is -0.368 e. The van der Waals surface area contributed by atoms with Gasteiger partial charge in [-0.05, 0) is 6.42 Å². The van der Waals surface area contributed by atoms with Gasteiger partial charge in [-0.2, -0.15) is 0 Å². The summed E-state index contributed by atoms with van der Waals surface area (Å²) < 4.78 is 0. The topological polar surface area (TPSA) is 109 Å². The zero-order chi connectivity index (χ0) is 11.8. The number of carbonyl (C=O) groups is 2. The largest absolute Gasteiger partial charge is 0.368 e. The summed E-state index contributed by atoms with van der Waals surface area (Å²) in [6.07, 6.45) is 1.05. The normalized spacial score (nSPS) is 13.9. The fourth-order valence-electron chi connectivity index (χ4n) is 1.25. The number of rotatable bonds is 6. The van der Waals surface area contributed by atoms with E-state index in [0.29, 0.717) is 19.4 Å². The van der Waals surface area contributed by atoms with E-state index in [2.05, 4.69) is 20.9 Å². The summed E-state index contributed by atoms with van der Waals surface area (Å²) in [6.45, 7) is 2.24. The lowest BCUT2D eigenvalue weighted by Gasteiger charge is -2.06. The molecule has 0 aromatic rings. The second-order valence-corrected chi connectivity index (χ2v) is 3.43. The Bertz CT molecular complexity index is 290. The maximum atomic E-state index is 11.2. The molecule has 0 aromatic heterocycles. The van der Waals surface area contributed by atoms with Crippen molar-refractivity contribution in [2.45, 2.75) is 12.8 Å². The van der Waals surface area contributed by atoms with E-state index in [4.69, 9.17) is 5.73 Å². The Kier molecular flexibility index (Phi) is 5.10. The van der Waals surface area contributed by atoms with E-state index >= 15 is 0 Å². The highest BCUT2D eigenvalue weighted by Crippen LogP contribution is 1.88. The number of guanidine groups is 1. The van der Waals surface area contributed by atoms with Crippen LogP contribution in [0.4, 0.5) is 0 Å². The van der Waals surface area contributed by atoms with Gasteiger partial charge in [0.05, 0.1) is 13.1 Å². The first-order chi connectivity index (χ1) is 7.68. The van der Waals surface area contributed by atoms with E-state index in [9.17, 15) is 9.59 Å². The van der Waals surface area contributed by atoms with Crippen LogP contribution in [0.5, 0.6) is 0 Å². The smallest absolute Gasteiger partial charge is 0.236 e. The number of hydrogen-bond donors (Lipinski definition) is 4. The first-order valence-electron chi connectivity index (χ1n) is 5.25. The third-order valence-corrected chi connectivity index (χ3v) is 2.01. The lowest BCUT2D eigenvalue weighted by atomic mass is 10.3. The molecule has 0 atom stereocenters. The zero-order valence-corrected chi connectivity index (χ0v) is 9.08. The molecular weight excluding hydrogens is 210 g/mol. The minimum absolute atomic E-state index is 0.0967. The number of amides is 2. The van der Waals surface area contributed by atoms with Gasteiger partial charge in [0.1, 0.15) is 0 Å². The van der Waals surface area contributed by atoms with Gasteiger partial charge in [0, 0.05) is 19.5 Å². The van der Waals surface area contributed by atoms with E-state index < -0.39 is 5.91 Å². The molecule has 7 nitrogen and oxygen atoms in total. The SMILES string of the molecule is NC(=O)CNC(=O)CCCNC1=NCCN1. The molecule has 0 radical (unpaired) electrons. The molecule has 1 aliphatic rings. The number of nitrogens with one attached hydrogen (secondary N) is 3. The van der Waals surface area contributed by atoms with Crippen LogP contribution in [0.25, 0.3) is 0 Å². The number of primary amides is 1. The lowest BCUT2D eigenvalue weighted by Crippen LogP contribution is -2.36. The van der Waals surface area contributed by atoms with Crippen LogP contribution in [0.15, 0.2) is 4.99 Å². The molecule has 5 N–H and O–H groups in total. The van der Waals surface area contributed by atoms with Crippen molar-refractivity contribution in [3.63, 3.8) is 0 Å². The quantitative estimate of drug-likeness (QED) is 0.390. The molecule has 7 heteroatoms. The van der Waals surface area contributed by atoms with Crippen molar-refractivity contribution in [1.82, 2.24) is 16.0 Å². The summed E-state index contributed by atoms with van der Waals surface area (Å²) in [4.78, 5) is 25.7. The molecule has 0 bridgehead atoms. The first-order valence-corrected chi connectivity index (χ1v) is 5.25. The Morgan fingerprint density at radius 3 is 2.94 bits per heavy atom. The molecule has 0 unspecified atom stereocenters. The van der Waals surface area contributed by atoms with Crippen LogP contribution in [0.1, 0.15) is 12.8 Å². The van der Waals surface area contributed by atoms with Crippen LogP contribution in [-0.4, -0.2) is 44.0 Å². The van der Waals surface area contributed by atoms with Crippen molar-refractivity contribution in [3.05, 3.63) is 0 Å². The van der Waals surface area contributed by atoms with Gasteiger partial charge in [0.15, 0.2) is 5.96 Å². The van der Waals surface area contributed by atoms with E-state index in [1.807, 2.05) is 0 Å². The van der Waals surface area contributed by atoms with Gasteiger partial charge in [0.2, 0.25) is 11.8 Å². The van der Waals surface area contributed by atoms with Gasteiger partial charge in [-0.25, -0.2) is 0 Å². The third kappa shape index (κ3) is 5.18. The Hall–Kier alpha value is -1.79. The average Bonchev–Trinajstić information content (AvgIpc) is 2.74. The Morgan fingerprint density at radius 1 is 1.50 bits per heavy atom. The maximum absolute atomic E-state index is 11.2. The van der Waals surface area contributed by atoms with Gasteiger partial charge in [-0.1, -0.05) is 0 Å².